The Morgan fingerprint density at radius 1 is 0.688 bits per heavy atom. The van der Waals surface area contributed by atoms with Gasteiger partial charge in [-0.3, -0.25) is 9.59 Å². The van der Waals surface area contributed by atoms with Gasteiger partial charge in [-0.2, -0.15) is 0 Å². The van der Waals surface area contributed by atoms with Crippen LogP contribution in [0.2, 0.25) is 0 Å². The second kappa shape index (κ2) is 6.41. The third-order valence-electron chi connectivity index (χ3n) is 7.70. The summed E-state index contributed by atoms with van der Waals surface area (Å²) >= 11 is 0. The number of carbonyl (C=O) groups excluding carboxylic acids is 2. The third-order valence-corrected chi connectivity index (χ3v) is 7.70. The highest BCUT2D eigenvalue weighted by Crippen LogP contribution is 2.61. The van der Waals surface area contributed by atoms with Crippen molar-refractivity contribution in [2.45, 2.75) is 44.9 Å². The number of hydrogen-bond acceptors (Lipinski definition) is 2. The van der Waals surface area contributed by atoms with E-state index in [2.05, 4.69) is 63.2 Å². The lowest BCUT2D eigenvalue weighted by Gasteiger charge is -2.46. The van der Waals surface area contributed by atoms with Gasteiger partial charge >= 0.3 is 0 Å². The maximum atomic E-state index is 13.8. The van der Waals surface area contributed by atoms with Crippen LogP contribution in [0.4, 0.5) is 5.69 Å². The molecule has 1 heterocycles. The first-order chi connectivity index (χ1) is 15.3. The number of hydrogen-bond donors (Lipinski definition) is 0. The molecule has 3 aromatic carbocycles. The van der Waals surface area contributed by atoms with Crippen molar-refractivity contribution in [2.75, 3.05) is 4.90 Å². The lowest BCUT2D eigenvalue weighted by Crippen LogP contribution is -2.41. The highest BCUT2D eigenvalue weighted by Gasteiger charge is 2.61. The molecular formula is C29H27NO2. The molecule has 3 heteroatoms. The van der Waals surface area contributed by atoms with Crippen LogP contribution in [0.25, 0.3) is 0 Å². The molecule has 0 spiro atoms. The molecule has 0 radical (unpaired) electrons. The van der Waals surface area contributed by atoms with E-state index in [1.54, 1.807) is 0 Å². The smallest absolute Gasteiger partial charge is 0.238 e. The van der Waals surface area contributed by atoms with E-state index in [9.17, 15) is 9.59 Å². The van der Waals surface area contributed by atoms with E-state index in [1.165, 1.54) is 32.7 Å². The molecule has 32 heavy (non-hydrogen) atoms. The molecule has 160 valence electrons. The van der Waals surface area contributed by atoms with E-state index in [4.69, 9.17) is 0 Å². The van der Waals surface area contributed by atoms with Gasteiger partial charge in [-0.15, -0.1) is 0 Å². The minimum Gasteiger partial charge on any atom is -0.274 e. The molecule has 1 aliphatic heterocycles. The van der Waals surface area contributed by atoms with Gasteiger partial charge in [0, 0.05) is 11.8 Å². The summed E-state index contributed by atoms with van der Waals surface area (Å²) in [5.41, 5.74) is 7.96. The Labute approximate surface area is 189 Å². The molecule has 4 aliphatic rings. The Morgan fingerprint density at radius 2 is 1.22 bits per heavy atom. The Morgan fingerprint density at radius 3 is 1.78 bits per heavy atom. The minimum atomic E-state index is -0.341. The van der Waals surface area contributed by atoms with Gasteiger partial charge in [-0.25, -0.2) is 4.90 Å². The van der Waals surface area contributed by atoms with Crippen LogP contribution in [0, 0.1) is 18.8 Å². The second-order valence-corrected chi connectivity index (χ2v) is 10.6. The van der Waals surface area contributed by atoms with Gasteiger partial charge in [0.15, 0.2) is 0 Å². The summed E-state index contributed by atoms with van der Waals surface area (Å²) in [5.74, 6) is -0.940. The van der Waals surface area contributed by atoms with Crippen LogP contribution in [-0.4, -0.2) is 11.8 Å². The van der Waals surface area contributed by atoms with E-state index in [0.717, 1.165) is 5.56 Å². The van der Waals surface area contributed by atoms with Crippen LogP contribution in [0.3, 0.4) is 0 Å². The zero-order valence-electron chi connectivity index (χ0n) is 18.9. The Kier molecular flexibility index (Phi) is 3.90. The molecule has 3 nitrogen and oxygen atoms in total. The summed E-state index contributed by atoms with van der Waals surface area (Å²) in [6.45, 7) is 8.67. The largest absolute Gasteiger partial charge is 0.274 e. The number of nitrogens with zero attached hydrogens (tertiary/aromatic N) is 1. The number of imide groups is 1. The van der Waals surface area contributed by atoms with Crippen molar-refractivity contribution in [1.29, 1.82) is 0 Å². The topological polar surface area (TPSA) is 37.4 Å². The Balaban J connectivity index is 1.56. The zero-order chi connectivity index (χ0) is 22.4. The normalized spacial score (nSPS) is 25.6. The number of anilines is 1. The van der Waals surface area contributed by atoms with Crippen molar-refractivity contribution in [3.05, 3.63) is 100 Å². The van der Waals surface area contributed by atoms with E-state index < -0.39 is 0 Å². The summed E-state index contributed by atoms with van der Waals surface area (Å²) < 4.78 is 0. The standard InChI is InChI=1S/C29H27NO2/c1-16-9-12-18(13-10-16)30-27(31)25-23-19-7-5-6-8-20(19)24(26(25)28(30)32)22-15-17(29(2,3)4)11-14-21(22)23/h5-15,23-26H,1-4H3. The lowest BCUT2D eigenvalue weighted by atomic mass is 9.54. The molecular weight excluding hydrogens is 394 g/mol. The SMILES string of the molecule is Cc1ccc(N2C(=O)C3C4c5ccccc5C(c5cc(C(C)(C)C)ccc54)C3C2=O)cc1. The van der Waals surface area contributed by atoms with Crippen LogP contribution in [0.15, 0.2) is 66.7 Å². The van der Waals surface area contributed by atoms with E-state index in [1.807, 2.05) is 31.2 Å². The molecule has 3 aromatic rings. The number of amides is 2. The van der Waals surface area contributed by atoms with Crippen LogP contribution in [0.1, 0.15) is 66.0 Å². The monoisotopic (exact) mass is 421 g/mol. The van der Waals surface area contributed by atoms with Crippen LogP contribution in [-0.2, 0) is 15.0 Å². The van der Waals surface area contributed by atoms with Crippen molar-refractivity contribution in [3.63, 3.8) is 0 Å². The third kappa shape index (κ3) is 2.48. The van der Waals surface area contributed by atoms with Gasteiger partial charge in [0.25, 0.3) is 0 Å². The van der Waals surface area contributed by atoms with E-state index >= 15 is 0 Å². The molecule has 0 N–H and O–H groups in total. The zero-order valence-corrected chi connectivity index (χ0v) is 18.9. The fourth-order valence-corrected chi connectivity index (χ4v) is 6.14. The van der Waals surface area contributed by atoms with Crippen LogP contribution in [0.5, 0.6) is 0 Å². The summed E-state index contributed by atoms with van der Waals surface area (Å²) in [4.78, 5) is 29.1. The quantitative estimate of drug-likeness (QED) is 0.474. The second-order valence-electron chi connectivity index (χ2n) is 10.6. The van der Waals surface area contributed by atoms with Crippen molar-refractivity contribution >= 4 is 17.5 Å². The Hall–Kier alpha value is -3.20. The molecule has 3 aliphatic carbocycles. The molecule has 4 atom stereocenters. The van der Waals surface area contributed by atoms with Gasteiger partial charge in [0.1, 0.15) is 0 Å². The summed E-state index contributed by atoms with van der Waals surface area (Å²) in [6.07, 6.45) is 0. The van der Waals surface area contributed by atoms with Crippen molar-refractivity contribution in [2.24, 2.45) is 11.8 Å². The van der Waals surface area contributed by atoms with Gasteiger partial charge in [-0.1, -0.05) is 80.9 Å². The van der Waals surface area contributed by atoms with Crippen molar-refractivity contribution < 1.29 is 9.59 Å². The van der Waals surface area contributed by atoms with Crippen LogP contribution < -0.4 is 4.90 Å². The number of carbonyl (C=O) groups is 2. The number of rotatable bonds is 1. The number of aryl methyl sites for hydroxylation is 1. The Bertz CT molecular complexity index is 1280. The average Bonchev–Trinajstić information content (AvgIpc) is 3.04. The maximum absolute atomic E-state index is 13.8. The van der Waals surface area contributed by atoms with E-state index in [-0.39, 0.29) is 40.9 Å². The predicted octanol–water partition coefficient (Wildman–Crippen LogP) is 5.69. The van der Waals surface area contributed by atoms with Gasteiger partial charge in [-0.05, 0) is 52.3 Å². The van der Waals surface area contributed by atoms with E-state index in [0.29, 0.717) is 5.69 Å². The maximum Gasteiger partial charge on any atom is 0.238 e. The summed E-state index contributed by atoms with van der Waals surface area (Å²) in [6, 6.07) is 22.8. The van der Waals surface area contributed by atoms with Gasteiger partial charge in [0.2, 0.25) is 11.8 Å². The average molecular weight is 422 g/mol. The first-order valence-electron chi connectivity index (χ1n) is 11.4. The molecule has 7 rings (SSSR count). The summed E-state index contributed by atoms with van der Waals surface area (Å²) in [7, 11) is 0. The fourth-order valence-electron chi connectivity index (χ4n) is 6.14. The molecule has 1 saturated heterocycles. The predicted molar refractivity (Wildman–Crippen MR) is 126 cm³/mol. The number of benzene rings is 3. The molecule has 2 bridgehead atoms. The highest BCUT2D eigenvalue weighted by molar-refractivity contribution is 6.23. The van der Waals surface area contributed by atoms with Crippen LogP contribution >= 0.6 is 0 Å². The first-order valence-corrected chi connectivity index (χ1v) is 11.4. The van der Waals surface area contributed by atoms with Gasteiger partial charge < -0.3 is 0 Å². The first kappa shape index (κ1) is 19.5. The highest BCUT2D eigenvalue weighted by atomic mass is 16.2. The minimum absolute atomic E-state index is 0.0219. The molecule has 0 aromatic heterocycles. The molecule has 2 amide bonds. The molecule has 1 fully saturated rings. The van der Waals surface area contributed by atoms with Crippen molar-refractivity contribution in [3.8, 4) is 0 Å². The summed E-state index contributed by atoms with van der Waals surface area (Å²) in [5, 5.41) is 0. The molecule has 0 saturated carbocycles. The molecule has 4 unspecified atom stereocenters. The van der Waals surface area contributed by atoms with Gasteiger partial charge in [0.05, 0.1) is 17.5 Å². The lowest BCUT2D eigenvalue weighted by molar-refractivity contribution is -0.122. The fraction of sp³-hybridized carbons (Fsp3) is 0.310. The van der Waals surface area contributed by atoms with Crippen molar-refractivity contribution in [1.82, 2.24) is 0 Å².